The lowest BCUT2D eigenvalue weighted by Gasteiger charge is -2.29. The molecule has 0 radical (unpaired) electrons. The predicted molar refractivity (Wildman–Crippen MR) is 148 cm³/mol. The number of aromatic nitrogens is 4. The Morgan fingerprint density at radius 1 is 0.895 bits per heavy atom. The number of methoxy groups -OCH3 is 2. The Bertz CT molecular complexity index is 1870. The molecule has 0 N–H and O–H groups in total. The van der Waals surface area contributed by atoms with Gasteiger partial charge in [-0.25, -0.2) is 14.5 Å². The van der Waals surface area contributed by atoms with Gasteiger partial charge in [-0.05, 0) is 35.2 Å². The van der Waals surface area contributed by atoms with E-state index >= 15 is 0 Å². The standard InChI is InChI=1S/C30H21BrN4O3/c1-36-23-14-12-18(15-24(23)37-2)25-21-13-11-17-7-3-4-8-19(17)27(21)38-30-26(25)29-33-28(34-35(29)16-32-30)20-9-5-6-10-22(20)31/h3-16,25H,1-2H3/t25-/m1/s1. The topological polar surface area (TPSA) is 70.8 Å². The van der Waals surface area contributed by atoms with Crippen molar-refractivity contribution < 1.29 is 14.2 Å². The molecule has 7 nitrogen and oxygen atoms in total. The highest BCUT2D eigenvalue weighted by molar-refractivity contribution is 9.10. The van der Waals surface area contributed by atoms with Crippen LogP contribution in [0.2, 0.25) is 0 Å². The first kappa shape index (κ1) is 22.7. The Morgan fingerprint density at radius 2 is 1.71 bits per heavy atom. The summed E-state index contributed by atoms with van der Waals surface area (Å²) in [5, 5.41) is 6.88. The summed E-state index contributed by atoms with van der Waals surface area (Å²) in [6.45, 7) is 0. The predicted octanol–water partition coefficient (Wildman–Crippen LogP) is 7.01. The van der Waals surface area contributed by atoms with Crippen LogP contribution >= 0.6 is 15.9 Å². The molecular weight excluding hydrogens is 544 g/mol. The number of fused-ring (bicyclic) bond motifs is 6. The van der Waals surface area contributed by atoms with Crippen LogP contribution in [-0.4, -0.2) is 33.8 Å². The largest absolute Gasteiger partial charge is 0.493 e. The summed E-state index contributed by atoms with van der Waals surface area (Å²) < 4.78 is 20.4. The molecule has 0 saturated heterocycles. The fraction of sp³-hybridized carbons (Fsp3) is 0.100. The van der Waals surface area contributed by atoms with Gasteiger partial charge in [0.1, 0.15) is 12.1 Å². The minimum absolute atomic E-state index is 0.231. The number of rotatable bonds is 4. The van der Waals surface area contributed by atoms with Crippen LogP contribution in [0.15, 0.2) is 89.7 Å². The fourth-order valence-corrected chi connectivity index (χ4v) is 5.64. The van der Waals surface area contributed by atoms with E-state index in [9.17, 15) is 0 Å². The normalized spacial score (nSPS) is 14.1. The molecule has 4 aromatic carbocycles. The third kappa shape index (κ3) is 3.44. The van der Waals surface area contributed by atoms with E-state index in [1.165, 1.54) is 0 Å². The number of halogens is 1. The molecule has 1 atom stereocenters. The minimum Gasteiger partial charge on any atom is -0.493 e. The highest BCUT2D eigenvalue weighted by Gasteiger charge is 2.35. The van der Waals surface area contributed by atoms with Crippen molar-refractivity contribution in [3.05, 3.63) is 106 Å². The van der Waals surface area contributed by atoms with Crippen molar-refractivity contribution in [2.45, 2.75) is 5.92 Å². The monoisotopic (exact) mass is 564 g/mol. The zero-order valence-electron chi connectivity index (χ0n) is 20.6. The highest BCUT2D eigenvalue weighted by atomic mass is 79.9. The van der Waals surface area contributed by atoms with Crippen molar-refractivity contribution in [1.29, 1.82) is 0 Å². The number of ether oxygens (including phenoxy) is 3. The molecule has 0 unspecified atom stereocenters. The van der Waals surface area contributed by atoms with E-state index in [1.54, 1.807) is 25.1 Å². The molecule has 0 fully saturated rings. The Hall–Kier alpha value is -4.43. The number of hydrogen-bond acceptors (Lipinski definition) is 6. The summed E-state index contributed by atoms with van der Waals surface area (Å²) in [5.41, 5.74) is 4.44. The van der Waals surface area contributed by atoms with Gasteiger partial charge in [0.15, 0.2) is 23.0 Å². The van der Waals surface area contributed by atoms with Crippen LogP contribution in [0.3, 0.4) is 0 Å². The van der Waals surface area contributed by atoms with Crippen molar-refractivity contribution in [2.75, 3.05) is 14.2 Å². The molecule has 8 heteroatoms. The van der Waals surface area contributed by atoms with Gasteiger partial charge in [-0.1, -0.05) is 70.5 Å². The zero-order valence-corrected chi connectivity index (χ0v) is 22.1. The summed E-state index contributed by atoms with van der Waals surface area (Å²) >= 11 is 3.63. The molecule has 1 aliphatic heterocycles. The molecule has 0 saturated carbocycles. The Balaban J connectivity index is 1.52. The van der Waals surface area contributed by atoms with Crippen LogP contribution in [0.25, 0.3) is 27.8 Å². The second-order valence-corrected chi connectivity index (χ2v) is 9.86. The van der Waals surface area contributed by atoms with Gasteiger partial charge in [0.25, 0.3) is 0 Å². The molecule has 0 bridgehead atoms. The van der Waals surface area contributed by atoms with Crippen molar-refractivity contribution in [3.63, 3.8) is 0 Å². The molecule has 1 aliphatic rings. The second-order valence-electron chi connectivity index (χ2n) is 9.00. The molecule has 0 amide bonds. The van der Waals surface area contributed by atoms with Crippen molar-refractivity contribution in [3.8, 4) is 34.5 Å². The first-order valence-corrected chi connectivity index (χ1v) is 12.9. The summed E-state index contributed by atoms with van der Waals surface area (Å²) in [4.78, 5) is 9.70. The molecule has 186 valence electrons. The van der Waals surface area contributed by atoms with Gasteiger partial charge in [-0.2, -0.15) is 0 Å². The number of nitrogens with zero attached hydrogens (tertiary/aromatic N) is 4. The van der Waals surface area contributed by atoms with Crippen molar-refractivity contribution in [1.82, 2.24) is 19.6 Å². The maximum atomic E-state index is 6.53. The third-order valence-electron chi connectivity index (χ3n) is 6.95. The van der Waals surface area contributed by atoms with Gasteiger partial charge < -0.3 is 14.2 Å². The molecule has 2 aromatic heterocycles. The van der Waals surface area contributed by atoms with Crippen LogP contribution < -0.4 is 14.2 Å². The van der Waals surface area contributed by atoms with Crippen LogP contribution in [0.1, 0.15) is 22.6 Å². The molecule has 38 heavy (non-hydrogen) atoms. The smallest absolute Gasteiger partial charge is 0.228 e. The SMILES string of the molecule is COc1ccc([C@@H]2c3ccc4ccccc4c3Oc3ncn4nc(-c5ccccc5Br)nc4c32)cc1OC. The van der Waals surface area contributed by atoms with Gasteiger partial charge in [-0.3, -0.25) is 0 Å². The van der Waals surface area contributed by atoms with Crippen LogP contribution in [0.5, 0.6) is 23.1 Å². The summed E-state index contributed by atoms with van der Waals surface area (Å²) in [7, 11) is 3.28. The van der Waals surface area contributed by atoms with E-state index in [0.717, 1.165) is 43.2 Å². The summed E-state index contributed by atoms with van der Waals surface area (Å²) in [6.07, 6.45) is 1.66. The maximum Gasteiger partial charge on any atom is 0.228 e. The first-order chi connectivity index (χ1) is 18.7. The van der Waals surface area contributed by atoms with E-state index in [0.29, 0.717) is 28.9 Å². The second kappa shape index (κ2) is 8.85. The molecule has 7 rings (SSSR count). The van der Waals surface area contributed by atoms with Gasteiger partial charge in [0.2, 0.25) is 5.88 Å². The third-order valence-corrected chi connectivity index (χ3v) is 7.64. The van der Waals surface area contributed by atoms with E-state index in [1.807, 2.05) is 48.5 Å². The lowest BCUT2D eigenvalue weighted by Crippen LogP contribution is -2.15. The lowest BCUT2D eigenvalue weighted by atomic mass is 9.82. The Morgan fingerprint density at radius 3 is 2.55 bits per heavy atom. The van der Waals surface area contributed by atoms with Crippen molar-refractivity contribution >= 4 is 32.3 Å². The van der Waals surface area contributed by atoms with Crippen LogP contribution in [0.4, 0.5) is 0 Å². The fourth-order valence-electron chi connectivity index (χ4n) is 5.18. The molecule has 6 aromatic rings. The lowest BCUT2D eigenvalue weighted by molar-refractivity contribution is 0.354. The van der Waals surface area contributed by atoms with E-state index in [2.05, 4.69) is 46.3 Å². The molecular formula is C30H21BrN4O3. The van der Waals surface area contributed by atoms with Crippen molar-refractivity contribution in [2.24, 2.45) is 0 Å². The van der Waals surface area contributed by atoms with Gasteiger partial charge >= 0.3 is 0 Å². The highest BCUT2D eigenvalue weighted by Crippen LogP contribution is 2.51. The molecule has 0 aliphatic carbocycles. The number of benzene rings is 4. The number of hydrogen-bond donors (Lipinski definition) is 0. The van der Waals surface area contributed by atoms with Gasteiger partial charge in [0, 0.05) is 26.9 Å². The van der Waals surface area contributed by atoms with E-state index in [4.69, 9.17) is 29.3 Å². The van der Waals surface area contributed by atoms with Crippen LogP contribution in [0, 0.1) is 0 Å². The minimum atomic E-state index is -0.231. The van der Waals surface area contributed by atoms with Crippen LogP contribution in [-0.2, 0) is 0 Å². The van der Waals surface area contributed by atoms with Gasteiger partial charge in [-0.15, -0.1) is 5.10 Å². The Labute approximate surface area is 226 Å². The zero-order chi connectivity index (χ0) is 25.8. The van der Waals surface area contributed by atoms with E-state index in [-0.39, 0.29) is 5.92 Å². The maximum absolute atomic E-state index is 6.53. The average molecular weight is 565 g/mol. The van der Waals surface area contributed by atoms with Gasteiger partial charge in [0.05, 0.1) is 19.8 Å². The molecule has 0 spiro atoms. The quantitative estimate of drug-likeness (QED) is 0.229. The first-order valence-electron chi connectivity index (χ1n) is 12.1. The molecule has 3 heterocycles. The van der Waals surface area contributed by atoms with E-state index < -0.39 is 0 Å². The average Bonchev–Trinajstić information content (AvgIpc) is 3.40. The summed E-state index contributed by atoms with van der Waals surface area (Å²) in [6, 6.07) is 26.3. The summed E-state index contributed by atoms with van der Waals surface area (Å²) in [5.74, 6) is 2.98. The Kier molecular flexibility index (Phi) is 5.30.